The number of hydrogen-bond acceptors (Lipinski definition) is 3. The summed E-state index contributed by atoms with van der Waals surface area (Å²) in [4.78, 5) is 3.44. The van der Waals surface area contributed by atoms with Gasteiger partial charge in [0.1, 0.15) is 11.1 Å². The van der Waals surface area contributed by atoms with Crippen LogP contribution in [0.1, 0.15) is 0 Å². The van der Waals surface area contributed by atoms with Crippen molar-refractivity contribution >= 4 is 25.9 Å². The van der Waals surface area contributed by atoms with Gasteiger partial charge in [-0.1, -0.05) is 0 Å². The van der Waals surface area contributed by atoms with Gasteiger partial charge in [0.05, 0.1) is 6.21 Å². The Bertz CT molecular complexity index is 358. The average Bonchev–Trinajstić information content (AvgIpc) is 2.11. The molecule has 0 radical (unpaired) electrons. The van der Waals surface area contributed by atoms with Crippen molar-refractivity contribution in [2.24, 2.45) is 4.99 Å². The first-order valence-electron chi connectivity index (χ1n) is 3.01. The number of hydrogen-bond donors (Lipinski definition) is 0. The van der Waals surface area contributed by atoms with Gasteiger partial charge in [0.2, 0.25) is 9.05 Å². The topological polar surface area (TPSA) is 46.5 Å². The summed E-state index contributed by atoms with van der Waals surface area (Å²) in [6.45, 7) is 0. The Hall–Kier alpha value is -0.680. The lowest BCUT2D eigenvalue weighted by Gasteiger charge is -1.99. The number of rotatable bonds is 1. The van der Waals surface area contributed by atoms with E-state index in [1.165, 1.54) is 12.3 Å². The van der Waals surface area contributed by atoms with Crippen LogP contribution in [-0.4, -0.2) is 19.9 Å². The van der Waals surface area contributed by atoms with Crippen LogP contribution in [0.15, 0.2) is 29.2 Å². The van der Waals surface area contributed by atoms with Gasteiger partial charge in [0.25, 0.3) is 0 Å². The smallest absolute Gasteiger partial charge is 0.242 e. The standard InChI is InChI=1S/C6H5ClFNO2S/c7-12(10,11)6-1-2-9-4-5(8)3-6/h1-4,6H. The minimum Gasteiger partial charge on any atom is -0.262 e. The maximum atomic E-state index is 12.6. The Labute approximate surface area is 73.7 Å². The zero-order valence-electron chi connectivity index (χ0n) is 5.81. The predicted octanol–water partition coefficient (Wildman–Crippen LogP) is 1.38. The Morgan fingerprint density at radius 1 is 1.58 bits per heavy atom. The summed E-state index contributed by atoms with van der Waals surface area (Å²) in [5.74, 6) is -0.714. The van der Waals surface area contributed by atoms with E-state index in [9.17, 15) is 12.8 Å². The highest BCUT2D eigenvalue weighted by atomic mass is 35.7. The van der Waals surface area contributed by atoms with Crippen molar-refractivity contribution in [3.05, 3.63) is 24.2 Å². The molecular formula is C6H5ClFNO2S. The molecule has 1 rings (SSSR count). The largest absolute Gasteiger partial charge is 0.262 e. The first kappa shape index (κ1) is 9.41. The van der Waals surface area contributed by atoms with Crippen LogP contribution in [0.3, 0.4) is 0 Å². The van der Waals surface area contributed by atoms with E-state index in [0.717, 1.165) is 12.3 Å². The third kappa shape index (κ3) is 2.42. The lowest BCUT2D eigenvalue weighted by molar-refractivity contribution is 0.606. The Morgan fingerprint density at radius 3 is 2.83 bits per heavy atom. The lowest BCUT2D eigenvalue weighted by atomic mass is 10.3. The van der Waals surface area contributed by atoms with E-state index >= 15 is 0 Å². The van der Waals surface area contributed by atoms with E-state index < -0.39 is 20.1 Å². The van der Waals surface area contributed by atoms with Crippen molar-refractivity contribution in [1.29, 1.82) is 0 Å². The van der Waals surface area contributed by atoms with E-state index in [4.69, 9.17) is 10.7 Å². The van der Waals surface area contributed by atoms with Gasteiger partial charge in [-0.25, -0.2) is 12.8 Å². The SMILES string of the molecule is O=S(=O)(Cl)C1C=CN=CC(F)=C1. The first-order chi connectivity index (χ1) is 5.50. The first-order valence-corrected chi connectivity index (χ1v) is 5.38. The third-order valence-electron chi connectivity index (χ3n) is 1.21. The number of halogens is 2. The fraction of sp³-hybridized carbons (Fsp3) is 0.167. The van der Waals surface area contributed by atoms with Crippen LogP contribution in [0.25, 0.3) is 0 Å². The highest BCUT2D eigenvalue weighted by molar-refractivity contribution is 8.14. The van der Waals surface area contributed by atoms with Crippen LogP contribution in [-0.2, 0) is 9.05 Å². The number of allylic oxidation sites excluding steroid dienone is 1. The molecule has 66 valence electrons. The molecule has 3 nitrogen and oxygen atoms in total. The van der Waals surface area contributed by atoms with Crippen LogP contribution in [0.2, 0.25) is 0 Å². The summed E-state index contributed by atoms with van der Waals surface area (Å²) in [5.41, 5.74) is 0. The second-order valence-corrected chi connectivity index (χ2v) is 4.90. The van der Waals surface area contributed by atoms with Gasteiger partial charge in [0, 0.05) is 16.9 Å². The van der Waals surface area contributed by atoms with E-state index in [1.807, 2.05) is 0 Å². The van der Waals surface area contributed by atoms with Gasteiger partial charge in [-0.2, -0.15) is 0 Å². The maximum absolute atomic E-state index is 12.6. The summed E-state index contributed by atoms with van der Waals surface area (Å²) in [6, 6.07) is 0. The fourth-order valence-electron chi connectivity index (χ4n) is 0.679. The van der Waals surface area contributed by atoms with Gasteiger partial charge < -0.3 is 0 Å². The molecule has 1 heterocycles. The molecule has 0 aliphatic carbocycles. The van der Waals surface area contributed by atoms with Gasteiger partial charge >= 0.3 is 0 Å². The minimum atomic E-state index is -3.79. The van der Waals surface area contributed by atoms with E-state index in [0.29, 0.717) is 0 Å². The molecule has 1 atom stereocenters. The van der Waals surface area contributed by atoms with Crippen molar-refractivity contribution in [2.45, 2.75) is 5.25 Å². The second-order valence-electron chi connectivity index (χ2n) is 2.11. The third-order valence-corrected chi connectivity index (χ3v) is 2.77. The molecule has 1 unspecified atom stereocenters. The average molecular weight is 210 g/mol. The number of aliphatic imine (C=N–C) groups is 1. The van der Waals surface area contributed by atoms with Crippen LogP contribution in [0.5, 0.6) is 0 Å². The Balaban J connectivity index is 3.03. The Morgan fingerprint density at radius 2 is 2.25 bits per heavy atom. The zero-order chi connectivity index (χ0) is 9.19. The molecule has 0 aromatic heterocycles. The predicted molar refractivity (Wildman–Crippen MR) is 45.4 cm³/mol. The molecule has 0 saturated heterocycles. The summed E-state index contributed by atoms with van der Waals surface area (Å²) in [5, 5.41) is -1.14. The van der Waals surface area contributed by atoms with Crippen LogP contribution < -0.4 is 0 Å². The summed E-state index contributed by atoms with van der Waals surface area (Å²) < 4.78 is 34.0. The molecule has 0 aromatic rings. The molecule has 0 spiro atoms. The molecule has 12 heavy (non-hydrogen) atoms. The summed E-state index contributed by atoms with van der Waals surface area (Å²) in [7, 11) is 1.21. The maximum Gasteiger partial charge on any atom is 0.242 e. The van der Waals surface area contributed by atoms with Gasteiger partial charge in [-0.05, 0) is 12.2 Å². The molecule has 0 N–H and O–H groups in total. The van der Waals surface area contributed by atoms with Gasteiger partial charge in [0.15, 0.2) is 0 Å². The van der Waals surface area contributed by atoms with Crippen molar-refractivity contribution in [3.63, 3.8) is 0 Å². The van der Waals surface area contributed by atoms with Crippen LogP contribution >= 0.6 is 10.7 Å². The van der Waals surface area contributed by atoms with Crippen molar-refractivity contribution in [2.75, 3.05) is 0 Å². The monoisotopic (exact) mass is 209 g/mol. The molecule has 1 aliphatic rings. The zero-order valence-corrected chi connectivity index (χ0v) is 7.39. The van der Waals surface area contributed by atoms with Gasteiger partial charge in [-0.3, -0.25) is 4.99 Å². The van der Waals surface area contributed by atoms with E-state index in [1.54, 1.807) is 0 Å². The van der Waals surface area contributed by atoms with Crippen molar-refractivity contribution in [3.8, 4) is 0 Å². The van der Waals surface area contributed by atoms with Crippen LogP contribution in [0, 0.1) is 0 Å². The van der Waals surface area contributed by atoms with Crippen molar-refractivity contribution in [1.82, 2.24) is 0 Å². The molecule has 1 aliphatic heterocycles. The number of nitrogens with zero attached hydrogens (tertiary/aromatic N) is 1. The summed E-state index contributed by atoms with van der Waals surface area (Å²) >= 11 is 0. The summed E-state index contributed by atoms with van der Waals surface area (Å²) in [6.07, 6.45) is 4.19. The van der Waals surface area contributed by atoms with Crippen LogP contribution in [0.4, 0.5) is 4.39 Å². The normalized spacial score (nSPS) is 23.5. The molecule has 0 aromatic carbocycles. The minimum absolute atomic E-state index is 0.714. The highest BCUT2D eigenvalue weighted by Crippen LogP contribution is 2.14. The van der Waals surface area contributed by atoms with E-state index in [-0.39, 0.29) is 0 Å². The molecular weight excluding hydrogens is 205 g/mol. The van der Waals surface area contributed by atoms with Crippen molar-refractivity contribution < 1.29 is 12.8 Å². The van der Waals surface area contributed by atoms with E-state index in [2.05, 4.69) is 4.99 Å². The molecule has 0 fully saturated rings. The molecule has 0 amide bonds. The fourth-order valence-corrected chi connectivity index (χ4v) is 1.56. The molecule has 0 bridgehead atoms. The quantitative estimate of drug-likeness (QED) is 0.613. The molecule has 6 heteroatoms. The Kier molecular flexibility index (Phi) is 2.64. The second kappa shape index (κ2) is 3.37. The highest BCUT2D eigenvalue weighted by Gasteiger charge is 2.19. The lowest BCUT2D eigenvalue weighted by Crippen LogP contribution is -2.09. The molecule has 0 saturated carbocycles. The van der Waals surface area contributed by atoms with Gasteiger partial charge in [-0.15, -0.1) is 0 Å².